The van der Waals surface area contributed by atoms with Crippen LogP contribution in [0.4, 0.5) is 15.9 Å². The largest absolute Gasteiger partial charge is 0.497 e. The summed E-state index contributed by atoms with van der Waals surface area (Å²) in [5, 5.41) is 8.24. The summed E-state index contributed by atoms with van der Waals surface area (Å²) < 4.78 is 20.3. The average molecular weight is 335 g/mol. The minimum absolute atomic E-state index is 0.316. The van der Waals surface area contributed by atoms with Gasteiger partial charge in [0.1, 0.15) is 23.7 Å². The molecule has 0 aliphatic heterocycles. The van der Waals surface area contributed by atoms with Crippen LogP contribution < -0.4 is 10.1 Å². The summed E-state index contributed by atoms with van der Waals surface area (Å²) in [5.74, 6) is 1.02. The van der Waals surface area contributed by atoms with Gasteiger partial charge in [0.2, 0.25) is 0 Å². The second-order valence-electron chi connectivity index (χ2n) is 5.35. The molecule has 0 bridgehead atoms. The number of nitrogens with one attached hydrogen (secondary N) is 1. The smallest absolute Gasteiger partial charge is 0.168 e. The second kappa shape index (κ2) is 6.20. The van der Waals surface area contributed by atoms with E-state index in [4.69, 9.17) is 4.74 Å². The van der Waals surface area contributed by atoms with Crippen molar-refractivity contribution in [2.24, 2.45) is 0 Å². The first kappa shape index (κ1) is 15.1. The standard InChI is InChI=1S/C18H14FN5O/c1-25-15-7-5-14(6-8-15)24-18-16(10-22-24)17(20-11-21-18)23-13-4-2-3-12(19)9-13/h2-11H,1H3,(H,20,21,23). The Bertz CT molecular complexity index is 1030. The maximum absolute atomic E-state index is 13.4. The molecule has 4 aromatic rings. The Labute approximate surface area is 142 Å². The van der Waals surface area contributed by atoms with Gasteiger partial charge in [0, 0.05) is 5.69 Å². The van der Waals surface area contributed by atoms with Crippen LogP contribution in [0.3, 0.4) is 0 Å². The van der Waals surface area contributed by atoms with Gasteiger partial charge in [-0.1, -0.05) is 6.07 Å². The minimum atomic E-state index is -0.316. The van der Waals surface area contributed by atoms with E-state index in [-0.39, 0.29) is 5.82 Å². The van der Waals surface area contributed by atoms with Gasteiger partial charge in [-0.25, -0.2) is 19.0 Å². The average Bonchev–Trinajstić information content (AvgIpc) is 3.07. The molecule has 0 aliphatic rings. The normalized spacial score (nSPS) is 10.8. The molecule has 0 radical (unpaired) electrons. The first-order valence-corrected chi connectivity index (χ1v) is 7.60. The Hall–Kier alpha value is -3.48. The summed E-state index contributed by atoms with van der Waals surface area (Å²) >= 11 is 0. The number of rotatable bonds is 4. The van der Waals surface area contributed by atoms with E-state index in [1.54, 1.807) is 30.1 Å². The number of hydrogen-bond donors (Lipinski definition) is 1. The van der Waals surface area contributed by atoms with E-state index in [9.17, 15) is 4.39 Å². The summed E-state index contributed by atoms with van der Waals surface area (Å²) in [5.41, 5.74) is 2.11. The predicted molar refractivity (Wildman–Crippen MR) is 92.9 cm³/mol. The topological polar surface area (TPSA) is 64.9 Å². The lowest BCUT2D eigenvalue weighted by Gasteiger charge is -2.07. The Morgan fingerprint density at radius 1 is 1.08 bits per heavy atom. The molecule has 0 unspecified atom stereocenters. The molecule has 2 aromatic carbocycles. The monoisotopic (exact) mass is 335 g/mol. The van der Waals surface area contributed by atoms with Crippen molar-refractivity contribution >= 4 is 22.5 Å². The third-order valence-electron chi connectivity index (χ3n) is 3.77. The molecule has 0 atom stereocenters. The van der Waals surface area contributed by atoms with Crippen LogP contribution in [-0.4, -0.2) is 26.9 Å². The van der Waals surface area contributed by atoms with Crippen molar-refractivity contribution in [3.8, 4) is 11.4 Å². The van der Waals surface area contributed by atoms with Gasteiger partial charge in [-0.2, -0.15) is 5.10 Å². The fourth-order valence-electron chi connectivity index (χ4n) is 2.56. The molecular formula is C18H14FN5O. The number of benzene rings is 2. The zero-order chi connectivity index (χ0) is 17.2. The van der Waals surface area contributed by atoms with Gasteiger partial charge < -0.3 is 10.1 Å². The first-order valence-electron chi connectivity index (χ1n) is 7.60. The van der Waals surface area contributed by atoms with Crippen LogP contribution in [0.1, 0.15) is 0 Å². The lowest BCUT2D eigenvalue weighted by Crippen LogP contribution is -1.99. The Balaban J connectivity index is 1.74. The van der Waals surface area contributed by atoms with E-state index >= 15 is 0 Å². The lowest BCUT2D eigenvalue weighted by molar-refractivity contribution is 0.414. The van der Waals surface area contributed by atoms with Crippen molar-refractivity contribution in [2.75, 3.05) is 12.4 Å². The highest BCUT2D eigenvalue weighted by atomic mass is 19.1. The molecule has 7 heteroatoms. The van der Waals surface area contributed by atoms with Crippen molar-refractivity contribution < 1.29 is 9.13 Å². The molecule has 0 saturated carbocycles. The molecule has 0 aliphatic carbocycles. The molecular weight excluding hydrogens is 321 g/mol. The van der Waals surface area contributed by atoms with Crippen molar-refractivity contribution in [1.82, 2.24) is 19.7 Å². The van der Waals surface area contributed by atoms with Gasteiger partial charge in [0.25, 0.3) is 0 Å². The van der Waals surface area contributed by atoms with Crippen LogP contribution in [0.15, 0.2) is 61.1 Å². The van der Waals surface area contributed by atoms with E-state index in [2.05, 4.69) is 20.4 Å². The first-order chi connectivity index (χ1) is 12.2. The number of nitrogens with zero attached hydrogens (tertiary/aromatic N) is 4. The van der Waals surface area contributed by atoms with Crippen molar-refractivity contribution in [3.05, 3.63) is 66.9 Å². The van der Waals surface area contributed by atoms with Gasteiger partial charge in [0.05, 0.1) is 24.4 Å². The number of methoxy groups -OCH3 is 1. The van der Waals surface area contributed by atoms with E-state index < -0.39 is 0 Å². The summed E-state index contributed by atoms with van der Waals surface area (Å²) in [4.78, 5) is 8.57. The number of fused-ring (bicyclic) bond motifs is 1. The highest BCUT2D eigenvalue weighted by Gasteiger charge is 2.11. The molecule has 0 amide bonds. The Morgan fingerprint density at radius 2 is 1.92 bits per heavy atom. The van der Waals surface area contributed by atoms with Crippen molar-refractivity contribution in [3.63, 3.8) is 0 Å². The van der Waals surface area contributed by atoms with Crippen LogP contribution in [0.5, 0.6) is 5.75 Å². The minimum Gasteiger partial charge on any atom is -0.497 e. The molecule has 0 spiro atoms. The highest BCUT2D eigenvalue weighted by Crippen LogP contribution is 2.25. The molecule has 4 rings (SSSR count). The number of aromatic nitrogens is 4. The Morgan fingerprint density at radius 3 is 2.68 bits per heavy atom. The van der Waals surface area contributed by atoms with E-state index in [0.29, 0.717) is 17.2 Å². The summed E-state index contributed by atoms with van der Waals surface area (Å²) in [6, 6.07) is 13.7. The van der Waals surface area contributed by atoms with E-state index in [1.807, 2.05) is 24.3 Å². The van der Waals surface area contributed by atoms with Gasteiger partial charge in [-0.3, -0.25) is 0 Å². The molecule has 2 aromatic heterocycles. The van der Waals surface area contributed by atoms with Gasteiger partial charge >= 0.3 is 0 Å². The van der Waals surface area contributed by atoms with Gasteiger partial charge in [-0.15, -0.1) is 0 Å². The zero-order valence-corrected chi connectivity index (χ0v) is 13.3. The van der Waals surface area contributed by atoms with Crippen LogP contribution in [0.2, 0.25) is 0 Å². The van der Waals surface area contributed by atoms with Crippen molar-refractivity contribution in [1.29, 1.82) is 0 Å². The van der Waals surface area contributed by atoms with Crippen LogP contribution in [0.25, 0.3) is 16.7 Å². The summed E-state index contributed by atoms with van der Waals surface area (Å²) in [6.07, 6.45) is 3.13. The maximum Gasteiger partial charge on any atom is 0.168 e. The molecule has 0 fully saturated rings. The highest BCUT2D eigenvalue weighted by molar-refractivity contribution is 5.89. The molecule has 6 nitrogen and oxygen atoms in total. The van der Waals surface area contributed by atoms with E-state index in [0.717, 1.165) is 16.8 Å². The fourth-order valence-corrected chi connectivity index (χ4v) is 2.56. The number of anilines is 2. The molecule has 124 valence electrons. The van der Waals surface area contributed by atoms with E-state index in [1.165, 1.54) is 18.5 Å². The van der Waals surface area contributed by atoms with Crippen LogP contribution in [0, 0.1) is 5.82 Å². The van der Waals surface area contributed by atoms with Crippen LogP contribution in [-0.2, 0) is 0 Å². The lowest BCUT2D eigenvalue weighted by atomic mass is 10.3. The molecule has 25 heavy (non-hydrogen) atoms. The van der Waals surface area contributed by atoms with Gasteiger partial charge in [-0.05, 0) is 42.5 Å². The Kier molecular flexibility index (Phi) is 3.74. The number of hydrogen-bond acceptors (Lipinski definition) is 5. The third kappa shape index (κ3) is 2.87. The second-order valence-corrected chi connectivity index (χ2v) is 5.35. The predicted octanol–water partition coefficient (Wildman–Crippen LogP) is 3.71. The number of halogens is 1. The van der Waals surface area contributed by atoms with Gasteiger partial charge in [0.15, 0.2) is 5.65 Å². The number of ether oxygens (including phenoxy) is 1. The molecule has 1 N–H and O–H groups in total. The fraction of sp³-hybridized carbons (Fsp3) is 0.0556. The third-order valence-corrected chi connectivity index (χ3v) is 3.77. The maximum atomic E-state index is 13.4. The molecule has 2 heterocycles. The van der Waals surface area contributed by atoms with Crippen LogP contribution >= 0.6 is 0 Å². The summed E-state index contributed by atoms with van der Waals surface area (Å²) in [6.45, 7) is 0. The molecule has 0 saturated heterocycles. The van der Waals surface area contributed by atoms with Crippen molar-refractivity contribution in [2.45, 2.75) is 0 Å². The SMILES string of the molecule is COc1ccc(-n2ncc3c(Nc4cccc(F)c4)ncnc32)cc1. The zero-order valence-electron chi connectivity index (χ0n) is 13.3. The quantitative estimate of drug-likeness (QED) is 0.616. The summed E-state index contributed by atoms with van der Waals surface area (Å²) in [7, 11) is 1.62.